The highest BCUT2D eigenvalue weighted by molar-refractivity contribution is 7.11. The molecule has 0 radical (unpaired) electrons. The number of anilines is 1. The first-order chi connectivity index (χ1) is 9.81. The predicted molar refractivity (Wildman–Crippen MR) is 81.2 cm³/mol. The molecule has 106 valence electrons. The SMILES string of the molecule is Cc1nnc(CNc2cccc(C3CCOCC3)c2)s1. The lowest BCUT2D eigenvalue weighted by Gasteiger charge is -2.22. The highest BCUT2D eigenvalue weighted by atomic mass is 32.1. The number of nitrogens with zero attached hydrogens (tertiary/aromatic N) is 2. The molecule has 0 unspecified atom stereocenters. The van der Waals surface area contributed by atoms with Crippen molar-refractivity contribution in [2.24, 2.45) is 0 Å². The van der Waals surface area contributed by atoms with E-state index in [1.54, 1.807) is 11.3 Å². The average Bonchev–Trinajstić information content (AvgIpc) is 2.92. The van der Waals surface area contributed by atoms with Crippen molar-refractivity contribution in [1.29, 1.82) is 0 Å². The zero-order valence-electron chi connectivity index (χ0n) is 11.6. The maximum atomic E-state index is 5.43. The second kappa shape index (κ2) is 6.33. The molecule has 1 aromatic carbocycles. The lowest BCUT2D eigenvalue weighted by Crippen LogP contribution is -2.14. The third kappa shape index (κ3) is 3.35. The summed E-state index contributed by atoms with van der Waals surface area (Å²) in [4.78, 5) is 0. The van der Waals surface area contributed by atoms with Crippen LogP contribution < -0.4 is 5.32 Å². The molecule has 0 spiro atoms. The van der Waals surface area contributed by atoms with Crippen molar-refractivity contribution >= 4 is 17.0 Å². The number of hydrogen-bond acceptors (Lipinski definition) is 5. The van der Waals surface area contributed by atoms with E-state index in [2.05, 4.69) is 39.8 Å². The van der Waals surface area contributed by atoms with Crippen molar-refractivity contribution in [3.63, 3.8) is 0 Å². The number of aryl methyl sites for hydroxylation is 1. The van der Waals surface area contributed by atoms with Crippen LogP contribution in [0.4, 0.5) is 5.69 Å². The first-order valence-corrected chi connectivity index (χ1v) is 7.83. The first kappa shape index (κ1) is 13.5. The van der Waals surface area contributed by atoms with E-state index < -0.39 is 0 Å². The Kier molecular flexibility index (Phi) is 4.28. The molecule has 1 fully saturated rings. The Labute approximate surface area is 123 Å². The van der Waals surface area contributed by atoms with Crippen molar-refractivity contribution in [2.75, 3.05) is 18.5 Å². The molecule has 1 N–H and O–H groups in total. The van der Waals surface area contributed by atoms with Crippen LogP contribution in [0.1, 0.15) is 34.3 Å². The summed E-state index contributed by atoms with van der Waals surface area (Å²) < 4.78 is 5.43. The van der Waals surface area contributed by atoms with Crippen molar-refractivity contribution in [2.45, 2.75) is 32.2 Å². The van der Waals surface area contributed by atoms with Crippen LogP contribution in [0.5, 0.6) is 0 Å². The Morgan fingerprint density at radius 3 is 2.90 bits per heavy atom. The molecule has 0 bridgehead atoms. The van der Waals surface area contributed by atoms with Gasteiger partial charge in [-0.3, -0.25) is 0 Å². The Balaban J connectivity index is 1.64. The quantitative estimate of drug-likeness (QED) is 0.937. The molecule has 1 aromatic heterocycles. The van der Waals surface area contributed by atoms with Gasteiger partial charge in [-0.1, -0.05) is 23.5 Å². The predicted octanol–water partition coefficient (Wildman–Crippen LogP) is 3.35. The van der Waals surface area contributed by atoms with Crippen LogP contribution >= 0.6 is 11.3 Å². The minimum Gasteiger partial charge on any atom is -0.381 e. The summed E-state index contributed by atoms with van der Waals surface area (Å²) in [5.41, 5.74) is 2.56. The monoisotopic (exact) mass is 289 g/mol. The lowest BCUT2D eigenvalue weighted by molar-refractivity contribution is 0.0853. The molecule has 0 amide bonds. The van der Waals surface area contributed by atoms with E-state index in [4.69, 9.17) is 4.74 Å². The van der Waals surface area contributed by atoms with Gasteiger partial charge in [0.25, 0.3) is 0 Å². The van der Waals surface area contributed by atoms with E-state index in [1.807, 2.05) is 6.92 Å². The summed E-state index contributed by atoms with van der Waals surface area (Å²) >= 11 is 1.64. The second-order valence-corrected chi connectivity index (χ2v) is 6.35. The van der Waals surface area contributed by atoms with E-state index >= 15 is 0 Å². The van der Waals surface area contributed by atoms with Gasteiger partial charge in [0.15, 0.2) is 0 Å². The van der Waals surface area contributed by atoms with Gasteiger partial charge in [-0.15, -0.1) is 10.2 Å². The fourth-order valence-electron chi connectivity index (χ4n) is 2.52. The smallest absolute Gasteiger partial charge is 0.136 e. The minimum atomic E-state index is 0.634. The van der Waals surface area contributed by atoms with Crippen LogP contribution in [-0.4, -0.2) is 23.4 Å². The molecule has 1 saturated heterocycles. The second-order valence-electron chi connectivity index (χ2n) is 5.08. The van der Waals surface area contributed by atoms with Gasteiger partial charge in [-0.2, -0.15) is 0 Å². The molecule has 0 saturated carbocycles. The molecule has 1 aliphatic rings. The van der Waals surface area contributed by atoms with Crippen molar-refractivity contribution in [1.82, 2.24) is 10.2 Å². The number of hydrogen-bond donors (Lipinski definition) is 1. The highest BCUT2D eigenvalue weighted by Crippen LogP contribution is 2.28. The molecule has 0 atom stereocenters. The maximum Gasteiger partial charge on any atom is 0.136 e. The lowest BCUT2D eigenvalue weighted by atomic mass is 9.91. The third-order valence-electron chi connectivity index (χ3n) is 3.59. The van der Waals surface area contributed by atoms with Gasteiger partial charge < -0.3 is 10.1 Å². The average molecular weight is 289 g/mol. The van der Waals surface area contributed by atoms with Gasteiger partial charge in [0, 0.05) is 18.9 Å². The van der Waals surface area contributed by atoms with Gasteiger partial charge in [-0.25, -0.2) is 0 Å². The van der Waals surface area contributed by atoms with Gasteiger partial charge in [-0.05, 0) is 43.4 Å². The van der Waals surface area contributed by atoms with E-state index in [0.717, 1.165) is 48.3 Å². The van der Waals surface area contributed by atoms with Crippen LogP contribution in [-0.2, 0) is 11.3 Å². The highest BCUT2D eigenvalue weighted by Gasteiger charge is 2.15. The van der Waals surface area contributed by atoms with E-state index in [1.165, 1.54) is 5.56 Å². The molecule has 2 aromatic rings. The van der Waals surface area contributed by atoms with Crippen LogP contribution in [0.2, 0.25) is 0 Å². The van der Waals surface area contributed by atoms with Crippen LogP contribution in [0.15, 0.2) is 24.3 Å². The van der Waals surface area contributed by atoms with Crippen LogP contribution in [0.3, 0.4) is 0 Å². The maximum absolute atomic E-state index is 5.43. The van der Waals surface area contributed by atoms with Crippen LogP contribution in [0.25, 0.3) is 0 Å². The Bertz CT molecular complexity index is 564. The standard InChI is InChI=1S/C15H19N3OS/c1-11-17-18-15(20-11)10-16-14-4-2-3-13(9-14)12-5-7-19-8-6-12/h2-4,9,12,16H,5-8,10H2,1H3. The number of ether oxygens (including phenoxy) is 1. The van der Waals surface area contributed by atoms with Crippen molar-refractivity contribution in [3.05, 3.63) is 39.8 Å². The molecular weight excluding hydrogens is 270 g/mol. The number of benzene rings is 1. The van der Waals surface area contributed by atoms with Gasteiger partial charge in [0.2, 0.25) is 0 Å². The zero-order valence-corrected chi connectivity index (χ0v) is 12.4. The Morgan fingerprint density at radius 1 is 1.30 bits per heavy atom. The number of rotatable bonds is 4. The Morgan fingerprint density at radius 2 is 2.15 bits per heavy atom. The van der Waals surface area contributed by atoms with E-state index in [-0.39, 0.29) is 0 Å². The minimum absolute atomic E-state index is 0.634. The summed E-state index contributed by atoms with van der Waals surface area (Å²) in [7, 11) is 0. The van der Waals surface area contributed by atoms with Gasteiger partial charge in [0.05, 0.1) is 6.54 Å². The molecule has 0 aliphatic carbocycles. The van der Waals surface area contributed by atoms with Crippen molar-refractivity contribution < 1.29 is 4.74 Å². The molecular formula is C15H19N3OS. The van der Waals surface area contributed by atoms with E-state index in [0.29, 0.717) is 5.92 Å². The zero-order chi connectivity index (χ0) is 13.8. The molecule has 20 heavy (non-hydrogen) atoms. The van der Waals surface area contributed by atoms with Gasteiger partial charge >= 0.3 is 0 Å². The fraction of sp³-hybridized carbons (Fsp3) is 0.467. The topological polar surface area (TPSA) is 47.0 Å². The summed E-state index contributed by atoms with van der Waals surface area (Å²) in [6.45, 7) is 4.48. The summed E-state index contributed by atoms with van der Waals surface area (Å²) in [5.74, 6) is 0.634. The van der Waals surface area contributed by atoms with Crippen molar-refractivity contribution in [3.8, 4) is 0 Å². The largest absolute Gasteiger partial charge is 0.381 e. The number of aromatic nitrogens is 2. The van der Waals surface area contributed by atoms with Gasteiger partial charge in [0.1, 0.15) is 10.0 Å². The molecule has 3 rings (SSSR count). The molecule has 1 aliphatic heterocycles. The fourth-order valence-corrected chi connectivity index (χ4v) is 3.17. The molecule has 5 heteroatoms. The normalized spacial score (nSPS) is 16.2. The molecule has 4 nitrogen and oxygen atoms in total. The number of nitrogens with one attached hydrogen (secondary N) is 1. The van der Waals surface area contributed by atoms with E-state index in [9.17, 15) is 0 Å². The third-order valence-corrected chi connectivity index (χ3v) is 4.43. The Hall–Kier alpha value is -1.46. The summed E-state index contributed by atoms with van der Waals surface area (Å²) in [6.07, 6.45) is 2.25. The summed E-state index contributed by atoms with van der Waals surface area (Å²) in [5, 5.41) is 13.6. The van der Waals surface area contributed by atoms with Crippen LogP contribution in [0, 0.1) is 6.92 Å². The molecule has 2 heterocycles. The first-order valence-electron chi connectivity index (χ1n) is 7.02. The summed E-state index contributed by atoms with van der Waals surface area (Å²) in [6, 6.07) is 8.70.